The number of rotatable bonds is 3. The molecule has 1 fully saturated rings. The molecule has 1 aliphatic carbocycles. The molecule has 4 heteroatoms. The summed E-state index contributed by atoms with van der Waals surface area (Å²) in [5.41, 5.74) is 8.92. The smallest absolute Gasteiger partial charge is 0.193 e. The highest BCUT2D eigenvalue weighted by Crippen LogP contribution is 2.40. The molecule has 2 rings (SSSR count). The van der Waals surface area contributed by atoms with Crippen LogP contribution in [0.15, 0.2) is 23.2 Å². The van der Waals surface area contributed by atoms with Crippen LogP contribution in [0.2, 0.25) is 0 Å². The summed E-state index contributed by atoms with van der Waals surface area (Å²) in [4.78, 5) is 4.30. The van der Waals surface area contributed by atoms with Crippen LogP contribution in [0.1, 0.15) is 30.4 Å². The Bertz CT molecular complexity index is 515. The first-order chi connectivity index (χ1) is 9.03. The Labute approximate surface area is 114 Å². The van der Waals surface area contributed by atoms with Gasteiger partial charge >= 0.3 is 0 Å². The lowest BCUT2D eigenvalue weighted by molar-refractivity contribution is 0.226. The highest BCUT2D eigenvalue weighted by atomic mass is 15.1. The zero-order valence-corrected chi connectivity index (χ0v) is 11.5. The van der Waals surface area contributed by atoms with Gasteiger partial charge in [0.2, 0.25) is 0 Å². The summed E-state index contributed by atoms with van der Waals surface area (Å²) in [7, 11) is 0. The third-order valence-corrected chi connectivity index (χ3v) is 3.59. The van der Waals surface area contributed by atoms with E-state index in [9.17, 15) is 0 Å². The minimum atomic E-state index is -0.269. The highest BCUT2D eigenvalue weighted by molar-refractivity contribution is 5.92. The van der Waals surface area contributed by atoms with Crippen molar-refractivity contribution in [1.29, 1.82) is 5.26 Å². The molecule has 0 aromatic heterocycles. The van der Waals surface area contributed by atoms with Crippen molar-refractivity contribution in [3.05, 3.63) is 29.3 Å². The van der Waals surface area contributed by atoms with Gasteiger partial charge in [-0.15, -0.1) is 0 Å². The Hall–Kier alpha value is -2.02. The van der Waals surface area contributed by atoms with Gasteiger partial charge in [0.25, 0.3) is 0 Å². The van der Waals surface area contributed by atoms with Gasteiger partial charge in [0, 0.05) is 5.69 Å². The molecular formula is C15H20N4. The van der Waals surface area contributed by atoms with Gasteiger partial charge in [-0.25, -0.2) is 0 Å². The molecule has 0 amide bonds. The molecule has 0 atom stereocenters. The number of anilines is 1. The summed E-state index contributed by atoms with van der Waals surface area (Å²) < 4.78 is 0. The second-order valence-electron chi connectivity index (χ2n) is 5.45. The number of benzene rings is 1. The van der Waals surface area contributed by atoms with E-state index in [0.29, 0.717) is 12.5 Å². The number of hydrogen-bond donors (Lipinski definition) is 2. The van der Waals surface area contributed by atoms with Crippen LogP contribution in [0, 0.1) is 30.6 Å². The number of hydrogen-bond acceptors (Lipinski definition) is 2. The summed E-state index contributed by atoms with van der Waals surface area (Å²) in [6.45, 7) is 4.59. The molecule has 19 heavy (non-hydrogen) atoms. The average Bonchev–Trinajstić information content (AvgIpc) is 2.26. The third-order valence-electron chi connectivity index (χ3n) is 3.59. The summed E-state index contributed by atoms with van der Waals surface area (Å²) in [6, 6.07) is 8.52. The number of nitrogens with two attached hydrogens (primary N) is 1. The van der Waals surface area contributed by atoms with Gasteiger partial charge in [0.1, 0.15) is 0 Å². The molecular weight excluding hydrogens is 236 g/mol. The van der Waals surface area contributed by atoms with E-state index in [2.05, 4.69) is 22.4 Å². The second kappa shape index (κ2) is 5.31. The van der Waals surface area contributed by atoms with Crippen LogP contribution in [0.3, 0.4) is 0 Å². The molecule has 3 N–H and O–H groups in total. The second-order valence-corrected chi connectivity index (χ2v) is 5.45. The summed E-state index contributed by atoms with van der Waals surface area (Å²) in [5.74, 6) is 0.381. The van der Waals surface area contributed by atoms with Crippen LogP contribution >= 0.6 is 0 Å². The number of nitrogens with one attached hydrogen (secondary N) is 1. The summed E-state index contributed by atoms with van der Waals surface area (Å²) >= 11 is 0. The van der Waals surface area contributed by atoms with Crippen LogP contribution in [-0.2, 0) is 0 Å². The van der Waals surface area contributed by atoms with Crippen LogP contribution in [0.4, 0.5) is 5.69 Å². The molecule has 0 bridgehead atoms. The molecule has 1 aromatic carbocycles. The Balaban J connectivity index is 2.00. The number of guanidine groups is 1. The number of aliphatic imine (C=N–C) groups is 1. The van der Waals surface area contributed by atoms with Crippen molar-refractivity contribution in [3.63, 3.8) is 0 Å². The van der Waals surface area contributed by atoms with E-state index in [1.165, 1.54) is 11.1 Å². The van der Waals surface area contributed by atoms with Crippen molar-refractivity contribution >= 4 is 11.6 Å². The maximum atomic E-state index is 9.13. The zero-order valence-electron chi connectivity index (χ0n) is 11.5. The van der Waals surface area contributed by atoms with Gasteiger partial charge in [-0.05, 0) is 49.9 Å². The van der Waals surface area contributed by atoms with Gasteiger partial charge in [-0.2, -0.15) is 5.26 Å². The van der Waals surface area contributed by atoms with Crippen LogP contribution in [-0.4, -0.2) is 12.5 Å². The predicted molar refractivity (Wildman–Crippen MR) is 77.9 cm³/mol. The molecule has 0 unspecified atom stereocenters. The first-order valence-corrected chi connectivity index (χ1v) is 6.59. The van der Waals surface area contributed by atoms with Crippen molar-refractivity contribution in [3.8, 4) is 6.07 Å². The quantitative estimate of drug-likeness (QED) is 0.645. The minimum absolute atomic E-state index is 0.269. The molecule has 0 spiro atoms. The van der Waals surface area contributed by atoms with E-state index >= 15 is 0 Å². The lowest BCUT2D eigenvalue weighted by Gasteiger charge is -2.33. The molecule has 0 saturated heterocycles. The Morgan fingerprint density at radius 1 is 1.37 bits per heavy atom. The van der Waals surface area contributed by atoms with Crippen molar-refractivity contribution in [1.82, 2.24) is 0 Å². The van der Waals surface area contributed by atoms with Crippen molar-refractivity contribution in [2.75, 3.05) is 11.9 Å². The SMILES string of the molecule is Cc1cc(C)cc(NC(N)=NCC2(C#N)CCC2)c1. The maximum Gasteiger partial charge on any atom is 0.193 e. The zero-order chi connectivity index (χ0) is 13.9. The number of aryl methyl sites for hydroxylation is 2. The lowest BCUT2D eigenvalue weighted by atomic mass is 9.70. The van der Waals surface area contributed by atoms with E-state index < -0.39 is 0 Å². The van der Waals surface area contributed by atoms with Crippen molar-refractivity contribution in [2.24, 2.45) is 16.1 Å². The molecule has 0 heterocycles. The molecule has 1 aromatic rings. The molecule has 100 valence electrons. The van der Waals surface area contributed by atoms with E-state index in [1.54, 1.807) is 0 Å². The van der Waals surface area contributed by atoms with Crippen LogP contribution < -0.4 is 11.1 Å². The first-order valence-electron chi connectivity index (χ1n) is 6.59. The van der Waals surface area contributed by atoms with Crippen molar-refractivity contribution < 1.29 is 0 Å². The van der Waals surface area contributed by atoms with E-state index in [-0.39, 0.29) is 5.41 Å². The van der Waals surface area contributed by atoms with Gasteiger partial charge in [0.05, 0.1) is 18.0 Å². The van der Waals surface area contributed by atoms with Gasteiger partial charge < -0.3 is 11.1 Å². The van der Waals surface area contributed by atoms with Gasteiger partial charge in [-0.3, -0.25) is 4.99 Å². The fraction of sp³-hybridized carbons (Fsp3) is 0.467. The van der Waals surface area contributed by atoms with E-state index in [4.69, 9.17) is 11.0 Å². The highest BCUT2D eigenvalue weighted by Gasteiger charge is 2.36. The predicted octanol–water partition coefficient (Wildman–Crippen LogP) is 2.72. The van der Waals surface area contributed by atoms with Crippen LogP contribution in [0.25, 0.3) is 0 Å². The lowest BCUT2D eigenvalue weighted by Crippen LogP contribution is -2.33. The van der Waals surface area contributed by atoms with Crippen molar-refractivity contribution in [2.45, 2.75) is 33.1 Å². The monoisotopic (exact) mass is 256 g/mol. The summed E-state index contributed by atoms with van der Waals surface area (Å²) in [6.07, 6.45) is 2.99. The average molecular weight is 256 g/mol. The summed E-state index contributed by atoms with van der Waals surface area (Å²) in [5, 5.41) is 12.2. The van der Waals surface area contributed by atoms with Gasteiger partial charge in [0.15, 0.2) is 5.96 Å². The molecule has 4 nitrogen and oxygen atoms in total. The third kappa shape index (κ3) is 3.25. The molecule has 1 saturated carbocycles. The standard InChI is InChI=1S/C15H20N4/c1-11-6-12(2)8-13(7-11)19-14(17)18-10-15(9-16)4-3-5-15/h6-8H,3-5,10H2,1-2H3,(H3,17,18,19). The Morgan fingerprint density at radius 2 is 2.00 bits per heavy atom. The largest absolute Gasteiger partial charge is 0.370 e. The molecule has 1 aliphatic rings. The topological polar surface area (TPSA) is 74.2 Å². The minimum Gasteiger partial charge on any atom is -0.370 e. The first kappa shape index (κ1) is 13.4. The fourth-order valence-corrected chi connectivity index (χ4v) is 2.38. The van der Waals surface area contributed by atoms with E-state index in [0.717, 1.165) is 24.9 Å². The van der Waals surface area contributed by atoms with Gasteiger partial charge in [-0.1, -0.05) is 12.5 Å². The normalized spacial score (nSPS) is 17.4. The van der Waals surface area contributed by atoms with Crippen LogP contribution in [0.5, 0.6) is 0 Å². The van der Waals surface area contributed by atoms with E-state index in [1.807, 2.05) is 26.0 Å². The Kier molecular flexibility index (Phi) is 3.75. The Morgan fingerprint density at radius 3 is 2.47 bits per heavy atom. The fourth-order valence-electron chi connectivity index (χ4n) is 2.38. The maximum absolute atomic E-state index is 9.13. The molecule has 0 aliphatic heterocycles. The number of nitriles is 1. The molecule has 0 radical (unpaired) electrons. The number of nitrogens with zero attached hydrogens (tertiary/aromatic N) is 2.